The fourth-order valence-corrected chi connectivity index (χ4v) is 4.31. The number of benzene rings is 2. The third-order valence-corrected chi connectivity index (χ3v) is 6.22. The molecule has 1 saturated heterocycles. The van der Waals surface area contributed by atoms with Crippen LogP contribution in [0.5, 0.6) is 5.75 Å². The summed E-state index contributed by atoms with van der Waals surface area (Å²) in [5.74, 6) is -5.26. The fourth-order valence-electron chi connectivity index (χ4n) is 4.31. The second kappa shape index (κ2) is 9.34. The summed E-state index contributed by atoms with van der Waals surface area (Å²) in [6.45, 7) is 1.70. The summed E-state index contributed by atoms with van der Waals surface area (Å²) in [4.78, 5) is 40.3. The van der Waals surface area contributed by atoms with Crippen LogP contribution in [0.4, 0.5) is 14.5 Å². The zero-order valence-electron chi connectivity index (χ0n) is 18.7. The Morgan fingerprint density at radius 1 is 1.06 bits per heavy atom. The van der Waals surface area contributed by atoms with E-state index in [1.165, 1.54) is 29.2 Å². The van der Waals surface area contributed by atoms with Gasteiger partial charge in [-0.25, -0.2) is 18.4 Å². The van der Waals surface area contributed by atoms with Crippen LogP contribution in [-0.4, -0.2) is 70.0 Å². The van der Waals surface area contributed by atoms with Crippen molar-refractivity contribution in [3.8, 4) is 5.75 Å². The predicted octanol–water partition coefficient (Wildman–Crippen LogP) is 2.30. The highest BCUT2D eigenvalue weighted by Crippen LogP contribution is 2.33. The topological polar surface area (TPSA) is 123 Å². The summed E-state index contributed by atoms with van der Waals surface area (Å²) in [7, 11) is 1.87. The summed E-state index contributed by atoms with van der Waals surface area (Å²) in [6.07, 6.45) is 0.578. The molecule has 0 bridgehead atoms. The van der Waals surface area contributed by atoms with Gasteiger partial charge < -0.3 is 29.7 Å². The fraction of sp³-hybridized carbons (Fsp3) is 0.292. The normalized spacial score (nSPS) is 15.3. The number of phenolic OH excluding ortho intramolecular Hbond substituents is 1. The maximum atomic E-state index is 16.0. The van der Waals surface area contributed by atoms with E-state index in [2.05, 4.69) is 0 Å². The lowest BCUT2D eigenvalue weighted by molar-refractivity contribution is -0.140. The summed E-state index contributed by atoms with van der Waals surface area (Å²) >= 11 is 0. The number of aromatic hydroxyl groups is 1. The molecular weight excluding hydrogens is 464 g/mol. The Morgan fingerprint density at radius 3 is 2.26 bits per heavy atom. The molecule has 0 saturated carbocycles. The van der Waals surface area contributed by atoms with Crippen molar-refractivity contribution in [3.05, 3.63) is 69.5 Å². The van der Waals surface area contributed by atoms with Crippen molar-refractivity contribution in [3.63, 3.8) is 0 Å². The third-order valence-electron chi connectivity index (χ3n) is 6.22. The van der Waals surface area contributed by atoms with Gasteiger partial charge in [0.05, 0.1) is 10.9 Å². The predicted molar refractivity (Wildman–Crippen MR) is 123 cm³/mol. The molecule has 35 heavy (non-hydrogen) atoms. The average molecular weight is 487 g/mol. The first-order valence-corrected chi connectivity index (χ1v) is 10.8. The molecular formula is C24H23F2N3O6. The van der Waals surface area contributed by atoms with E-state index in [-0.39, 0.29) is 12.2 Å². The van der Waals surface area contributed by atoms with Crippen molar-refractivity contribution in [2.45, 2.75) is 12.5 Å². The Kier molecular flexibility index (Phi) is 6.44. The Hall–Kier alpha value is -3.99. The second-order valence-corrected chi connectivity index (χ2v) is 8.52. The van der Waals surface area contributed by atoms with Crippen LogP contribution in [0, 0.1) is 11.6 Å². The van der Waals surface area contributed by atoms with Gasteiger partial charge >= 0.3 is 11.9 Å². The number of aliphatic carboxylic acids is 1. The Morgan fingerprint density at radius 2 is 1.69 bits per heavy atom. The van der Waals surface area contributed by atoms with Gasteiger partial charge in [-0.15, -0.1) is 0 Å². The zero-order chi connectivity index (χ0) is 25.4. The van der Waals surface area contributed by atoms with Crippen molar-refractivity contribution in [1.29, 1.82) is 0 Å². The lowest BCUT2D eigenvalue weighted by atomic mass is 10.0. The van der Waals surface area contributed by atoms with Gasteiger partial charge in [0.2, 0.25) is 5.43 Å². The Balaban J connectivity index is 1.97. The average Bonchev–Trinajstić information content (AvgIpc) is 2.80. The first-order valence-electron chi connectivity index (χ1n) is 10.8. The molecule has 4 rings (SSSR count). The Labute approximate surface area is 198 Å². The molecule has 1 aliphatic heterocycles. The second-order valence-electron chi connectivity index (χ2n) is 8.52. The van der Waals surface area contributed by atoms with Crippen molar-refractivity contribution in [1.82, 2.24) is 9.47 Å². The molecule has 3 aromatic rings. The van der Waals surface area contributed by atoms with E-state index >= 15 is 8.78 Å². The molecule has 0 amide bonds. The molecule has 11 heteroatoms. The lowest BCUT2D eigenvalue weighted by Gasteiger charge is -2.34. The number of aromatic carboxylic acids is 1. The number of carboxylic acids is 2. The summed E-state index contributed by atoms with van der Waals surface area (Å²) in [5, 5.41) is 28.5. The molecule has 1 aromatic heterocycles. The summed E-state index contributed by atoms with van der Waals surface area (Å²) in [5.41, 5.74) is -2.33. The Bertz CT molecular complexity index is 1360. The van der Waals surface area contributed by atoms with Crippen molar-refractivity contribution in [2.75, 3.05) is 38.1 Å². The largest absolute Gasteiger partial charge is 0.508 e. The van der Waals surface area contributed by atoms with Gasteiger partial charge in [0, 0.05) is 38.8 Å². The van der Waals surface area contributed by atoms with E-state index in [9.17, 15) is 29.7 Å². The van der Waals surface area contributed by atoms with Crippen LogP contribution < -0.4 is 10.3 Å². The van der Waals surface area contributed by atoms with Crippen LogP contribution in [0.2, 0.25) is 0 Å². The number of nitrogens with zero attached hydrogens (tertiary/aromatic N) is 3. The van der Waals surface area contributed by atoms with E-state index in [1.807, 2.05) is 11.9 Å². The number of hydrogen-bond donors (Lipinski definition) is 3. The number of aromatic nitrogens is 1. The van der Waals surface area contributed by atoms with Gasteiger partial charge in [-0.1, -0.05) is 12.1 Å². The number of pyridine rings is 1. The van der Waals surface area contributed by atoms with Crippen molar-refractivity contribution < 1.29 is 33.7 Å². The van der Waals surface area contributed by atoms with E-state index in [0.29, 0.717) is 31.7 Å². The molecule has 1 unspecified atom stereocenters. The SMILES string of the molecule is CN1CCN(c2c(F)cc3c(=O)c(C(=O)O)cn(C(Cc4ccc(O)cc4)C(=O)O)c3c2F)CC1. The smallest absolute Gasteiger partial charge is 0.341 e. The maximum absolute atomic E-state index is 16.0. The summed E-state index contributed by atoms with van der Waals surface area (Å²) < 4.78 is 32.0. The van der Waals surface area contributed by atoms with Crippen LogP contribution in [0.15, 0.2) is 41.3 Å². The minimum atomic E-state index is -1.65. The number of carboxylic acid groups (broad SMARTS) is 2. The van der Waals surface area contributed by atoms with E-state index < -0.39 is 57.2 Å². The number of halogens is 2. The number of anilines is 1. The first-order chi connectivity index (χ1) is 16.6. The molecule has 2 aromatic carbocycles. The quantitative estimate of drug-likeness (QED) is 0.484. The van der Waals surface area contributed by atoms with Crippen LogP contribution in [0.1, 0.15) is 22.0 Å². The van der Waals surface area contributed by atoms with E-state index in [4.69, 9.17) is 0 Å². The highest BCUT2D eigenvalue weighted by Gasteiger charge is 2.30. The third kappa shape index (κ3) is 4.54. The van der Waals surface area contributed by atoms with Crippen LogP contribution in [0.3, 0.4) is 0 Å². The van der Waals surface area contributed by atoms with E-state index in [0.717, 1.165) is 16.8 Å². The number of fused-ring (bicyclic) bond motifs is 1. The van der Waals surface area contributed by atoms with Gasteiger partial charge in [0.15, 0.2) is 5.82 Å². The van der Waals surface area contributed by atoms with Crippen LogP contribution >= 0.6 is 0 Å². The zero-order valence-corrected chi connectivity index (χ0v) is 18.7. The molecule has 1 atom stereocenters. The van der Waals surface area contributed by atoms with Crippen molar-refractivity contribution in [2.24, 2.45) is 0 Å². The molecule has 1 aliphatic rings. The minimum Gasteiger partial charge on any atom is -0.508 e. The standard InChI is InChI=1S/C24H23F2N3O6/c1-27-6-8-28(9-7-27)21-17(25)11-15-20(19(21)26)29(12-16(22(15)31)23(32)33)18(24(34)35)10-13-2-4-14(30)5-3-13/h2-5,11-12,18,30H,6-10H2,1H3,(H,32,33)(H,34,35). The number of hydrogen-bond acceptors (Lipinski definition) is 6. The maximum Gasteiger partial charge on any atom is 0.341 e. The monoisotopic (exact) mass is 487 g/mol. The van der Waals surface area contributed by atoms with Gasteiger partial charge in [0.1, 0.15) is 28.9 Å². The number of likely N-dealkylation sites (N-methyl/N-ethyl adjacent to an activating group) is 1. The number of carbonyl (C=O) groups is 2. The molecule has 0 spiro atoms. The summed E-state index contributed by atoms with van der Waals surface area (Å²) in [6, 6.07) is 4.89. The van der Waals surface area contributed by atoms with Gasteiger partial charge in [-0.05, 0) is 30.8 Å². The highest BCUT2D eigenvalue weighted by molar-refractivity contribution is 5.94. The van der Waals surface area contributed by atoms with E-state index in [1.54, 1.807) is 0 Å². The molecule has 9 nitrogen and oxygen atoms in total. The first kappa shape index (κ1) is 24.1. The van der Waals surface area contributed by atoms with Gasteiger partial charge in [0.25, 0.3) is 0 Å². The molecule has 0 radical (unpaired) electrons. The number of rotatable bonds is 6. The van der Waals surface area contributed by atoms with Gasteiger partial charge in [-0.3, -0.25) is 4.79 Å². The van der Waals surface area contributed by atoms with Crippen molar-refractivity contribution >= 4 is 28.5 Å². The number of phenols is 1. The molecule has 3 N–H and O–H groups in total. The van der Waals surface area contributed by atoms with Crippen LogP contribution in [0.25, 0.3) is 10.9 Å². The van der Waals surface area contributed by atoms with Crippen LogP contribution in [-0.2, 0) is 11.2 Å². The molecule has 2 heterocycles. The molecule has 1 fully saturated rings. The van der Waals surface area contributed by atoms with Gasteiger partial charge in [-0.2, -0.15) is 0 Å². The minimum absolute atomic E-state index is 0.0408. The molecule has 0 aliphatic carbocycles. The lowest BCUT2D eigenvalue weighted by Crippen LogP contribution is -2.45. The molecule has 184 valence electrons. The number of piperazine rings is 1. The highest BCUT2D eigenvalue weighted by atomic mass is 19.1.